The molecule has 1 heterocycles. The minimum Gasteiger partial charge on any atom is -0.449 e. The van der Waals surface area contributed by atoms with Crippen molar-refractivity contribution in [2.24, 2.45) is 0 Å². The second kappa shape index (κ2) is 5.87. The molecular formula is C11H15Br2NO. The van der Waals surface area contributed by atoms with Crippen molar-refractivity contribution in [1.29, 1.82) is 0 Å². The number of hydrogen-bond acceptors (Lipinski definition) is 2. The fourth-order valence-corrected chi connectivity index (χ4v) is 1.86. The van der Waals surface area contributed by atoms with Gasteiger partial charge in [0.2, 0.25) is 0 Å². The van der Waals surface area contributed by atoms with Crippen molar-refractivity contribution in [3.8, 4) is 0 Å². The summed E-state index contributed by atoms with van der Waals surface area (Å²) in [4.78, 5) is 0. The highest BCUT2D eigenvalue weighted by molar-refractivity contribution is 9.13. The zero-order valence-electron chi connectivity index (χ0n) is 9.10. The van der Waals surface area contributed by atoms with Crippen LogP contribution < -0.4 is 5.32 Å². The van der Waals surface area contributed by atoms with Gasteiger partial charge in [-0.25, -0.2) is 0 Å². The molecule has 1 N–H and O–H groups in total. The van der Waals surface area contributed by atoms with Gasteiger partial charge in [-0.2, -0.15) is 0 Å². The first kappa shape index (κ1) is 13.0. The van der Waals surface area contributed by atoms with Crippen LogP contribution in [0, 0.1) is 0 Å². The summed E-state index contributed by atoms with van der Waals surface area (Å²) >= 11 is 6.70. The number of furan rings is 1. The maximum atomic E-state index is 5.48. The van der Waals surface area contributed by atoms with E-state index in [1.165, 1.54) is 5.57 Å². The van der Waals surface area contributed by atoms with Crippen LogP contribution in [0.5, 0.6) is 0 Å². The van der Waals surface area contributed by atoms with Crippen molar-refractivity contribution in [2.45, 2.75) is 26.8 Å². The van der Waals surface area contributed by atoms with Gasteiger partial charge in [-0.1, -0.05) is 12.5 Å². The standard InChI is InChI=1S/C11H15Br2NO/c1-4-14-8(3)7(2)5-9-6-10(12)11(13)15-9/h5-6,8,14H,4H2,1-3H3. The topological polar surface area (TPSA) is 25.2 Å². The molecule has 1 rings (SSSR count). The number of halogens is 2. The summed E-state index contributed by atoms with van der Waals surface area (Å²) in [6.45, 7) is 7.31. The molecular weight excluding hydrogens is 322 g/mol. The van der Waals surface area contributed by atoms with E-state index in [4.69, 9.17) is 4.42 Å². The molecule has 0 aliphatic rings. The molecule has 2 nitrogen and oxygen atoms in total. The summed E-state index contributed by atoms with van der Waals surface area (Å²) in [5, 5.41) is 3.35. The lowest BCUT2D eigenvalue weighted by Crippen LogP contribution is -2.26. The Morgan fingerprint density at radius 1 is 1.60 bits per heavy atom. The van der Waals surface area contributed by atoms with E-state index in [9.17, 15) is 0 Å². The van der Waals surface area contributed by atoms with E-state index in [0.717, 1.165) is 21.4 Å². The van der Waals surface area contributed by atoms with Crippen LogP contribution in [0.3, 0.4) is 0 Å². The Morgan fingerprint density at radius 2 is 2.27 bits per heavy atom. The molecule has 0 aliphatic carbocycles. The van der Waals surface area contributed by atoms with Crippen LogP contribution in [0.4, 0.5) is 0 Å². The van der Waals surface area contributed by atoms with Gasteiger partial charge in [0.05, 0.1) is 4.47 Å². The minimum atomic E-state index is 0.373. The highest BCUT2D eigenvalue weighted by atomic mass is 79.9. The predicted octanol–water partition coefficient (Wildman–Crippen LogP) is 4.21. The minimum absolute atomic E-state index is 0.373. The summed E-state index contributed by atoms with van der Waals surface area (Å²) in [7, 11) is 0. The van der Waals surface area contributed by atoms with Crippen LogP contribution in [-0.4, -0.2) is 12.6 Å². The molecule has 1 unspecified atom stereocenters. The summed E-state index contributed by atoms with van der Waals surface area (Å²) in [5.74, 6) is 0.857. The largest absolute Gasteiger partial charge is 0.449 e. The Hall–Kier alpha value is -0.0600. The molecule has 0 bridgehead atoms. The zero-order valence-corrected chi connectivity index (χ0v) is 12.3. The quantitative estimate of drug-likeness (QED) is 0.891. The third kappa shape index (κ3) is 3.78. The van der Waals surface area contributed by atoms with Crippen molar-refractivity contribution >= 4 is 37.9 Å². The summed E-state index contributed by atoms with van der Waals surface area (Å²) in [6.07, 6.45) is 2.04. The van der Waals surface area contributed by atoms with Gasteiger partial charge in [0.1, 0.15) is 5.76 Å². The molecule has 1 aromatic heterocycles. The molecule has 0 aromatic carbocycles. The number of rotatable bonds is 4. The van der Waals surface area contributed by atoms with Gasteiger partial charge < -0.3 is 9.73 Å². The van der Waals surface area contributed by atoms with E-state index in [2.05, 4.69) is 57.9 Å². The zero-order chi connectivity index (χ0) is 11.4. The maximum absolute atomic E-state index is 5.48. The van der Waals surface area contributed by atoms with Crippen molar-refractivity contribution in [3.63, 3.8) is 0 Å². The lowest BCUT2D eigenvalue weighted by Gasteiger charge is -2.12. The third-order valence-corrected chi connectivity index (χ3v) is 3.94. The van der Waals surface area contributed by atoms with Gasteiger partial charge in [0.25, 0.3) is 0 Å². The van der Waals surface area contributed by atoms with Crippen LogP contribution in [0.15, 0.2) is 25.2 Å². The maximum Gasteiger partial charge on any atom is 0.184 e. The van der Waals surface area contributed by atoms with Crippen molar-refractivity contribution in [3.05, 3.63) is 26.5 Å². The second-order valence-electron chi connectivity index (χ2n) is 3.44. The van der Waals surface area contributed by atoms with Gasteiger partial charge >= 0.3 is 0 Å². The molecule has 0 fully saturated rings. The summed E-state index contributed by atoms with van der Waals surface area (Å²) in [5.41, 5.74) is 1.26. The average molecular weight is 337 g/mol. The highest BCUT2D eigenvalue weighted by Gasteiger charge is 2.06. The molecule has 0 aliphatic heterocycles. The SMILES string of the molecule is CCNC(C)C(C)=Cc1cc(Br)c(Br)o1. The first-order chi connectivity index (χ1) is 7.04. The first-order valence-corrected chi connectivity index (χ1v) is 6.49. The van der Waals surface area contributed by atoms with Crippen molar-refractivity contribution in [2.75, 3.05) is 6.54 Å². The van der Waals surface area contributed by atoms with E-state index in [1.807, 2.05) is 12.1 Å². The Balaban J connectivity index is 2.77. The van der Waals surface area contributed by atoms with E-state index in [-0.39, 0.29) is 0 Å². The monoisotopic (exact) mass is 335 g/mol. The van der Waals surface area contributed by atoms with Crippen molar-refractivity contribution < 1.29 is 4.42 Å². The smallest absolute Gasteiger partial charge is 0.184 e. The third-order valence-electron chi connectivity index (χ3n) is 2.23. The van der Waals surface area contributed by atoms with Gasteiger partial charge in [-0.05, 0) is 64.4 Å². The van der Waals surface area contributed by atoms with Gasteiger partial charge in [-0.15, -0.1) is 0 Å². The lowest BCUT2D eigenvalue weighted by atomic mass is 10.1. The van der Waals surface area contributed by atoms with E-state index in [1.54, 1.807) is 0 Å². The van der Waals surface area contributed by atoms with Crippen LogP contribution >= 0.6 is 31.9 Å². The molecule has 0 saturated heterocycles. The molecule has 84 valence electrons. The Kier molecular flexibility index (Phi) is 5.09. The van der Waals surface area contributed by atoms with Crippen molar-refractivity contribution in [1.82, 2.24) is 5.32 Å². The Morgan fingerprint density at radius 3 is 2.73 bits per heavy atom. The van der Waals surface area contributed by atoms with Gasteiger partial charge in [0.15, 0.2) is 4.67 Å². The van der Waals surface area contributed by atoms with Crippen LogP contribution in [0.1, 0.15) is 26.5 Å². The molecule has 1 aromatic rings. The normalized spacial score (nSPS) is 14.3. The fourth-order valence-electron chi connectivity index (χ4n) is 1.25. The number of hydrogen-bond donors (Lipinski definition) is 1. The summed E-state index contributed by atoms with van der Waals surface area (Å²) in [6, 6.07) is 2.32. The van der Waals surface area contributed by atoms with Crippen LogP contribution in [-0.2, 0) is 0 Å². The molecule has 1 atom stereocenters. The number of likely N-dealkylation sites (N-methyl/N-ethyl adjacent to an activating group) is 1. The highest BCUT2D eigenvalue weighted by Crippen LogP contribution is 2.28. The van der Waals surface area contributed by atoms with Crippen LogP contribution in [0.2, 0.25) is 0 Å². The van der Waals surface area contributed by atoms with E-state index >= 15 is 0 Å². The fraction of sp³-hybridized carbons (Fsp3) is 0.455. The predicted molar refractivity (Wildman–Crippen MR) is 70.9 cm³/mol. The number of nitrogens with one attached hydrogen (secondary N) is 1. The Bertz CT molecular complexity index is 338. The van der Waals surface area contributed by atoms with E-state index in [0.29, 0.717) is 6.04 Å². The van der Waals surface area contributed by atoms with Gasteiger partial charge in [0, 0.05) is 6.04 Å². The molecule has 15 heavy (non-hydrogen) atoms. The second-order valence-corrected chi connectivity index (χ2v) is 5.01. The molecule has 0 spiro atoms. The summed E-state index contributed by atoms with van der Waals surface area (Å²) < 4.78 is 7.16. The Labute approximate surface area is 107 Å². The molecule has 0 radical (unpaired) electrons. The van der Waals surface area contributed by atoms with E-state index < -0.39 is 0 Å². The molecule has 0 saturated carbocycles. The molecule has 0 amide bonds. The average Bonchev–Trinajstić information content (AvgIpc) is 2.46. The van der Waals surface area contributed by atoms with Crippen LogP contribution in [0.25, 0.3) is 6.08 Å². The first-order valence-electron chi connectivity index (χ1n) is 4.91. The van der Waals surface area contributed by atoms with Gasteiger partial charge in [-0.3, -0.25) is 0 Å². The lowest BCUT2D eigenvalue weighted by molar-refractivity contribution is 0.528. The molecule has 4 heteroatoms.